The number of thioether (sulfide) groups is 1. The third-order valence-electron chi connectivity index (χ3n) is 3.51. The summed E-state index contributed by atoms with van der Waals surface area (Å²) >= 11 is 1.22. The van der Waals surface area contributed by atoms with E-state index in [0.717, 1.165) is 19.4 Å². The van der Waals surface area contributed by atoms with Crippen LogP contribution in [-0.4, -0.2) is 39.1 Å². The molecule has 1 unspecified atom stereocenters. The molecule has 8 nitrogen and oxygen atoms in total. The first-order valence-corrected chi connectivity index (χ1v) is 8.39. The van der Waals surface area contributed by atoms with E-state index in [2.05, 4.69) is 15.5 Å². The van der Waals surface area contributed by atoms with Crippen molar-refractivity contribution in [3.05, 3.63) is 34.6 Å². The number of nitrogens with zero attached hydrogens (tertiary/aromatic N) is 2. The second kappa shape index (κ2) is 7.51. The highest BCUT2D eigenvalue weighted by molar-refractivity contribution is 7.99. The van der Waals surface area contributed by atoms with Crippen molar-refractivity contribution >= 4 is 17.7 Å². The molecule has 1 saturated heterocycles. The molecule has 1 aliphatic heterocycles. The van der Waals surface area contributed by atoms with E-state index in [1.54, 1.807) is 18.4 Å². The summed E-state index contributed by atoms with van der Waals surface area (Å²) in [5, 5.41) is 9.65. The molecule has 124 valence electrons. The number of carbonyl (C=O) groups is 1. The van der Waals surface area contributed by atoms with Crippen molar-refractivity contribution in [3.63, 3.8) is 0 Å². The van der Waals surface area contributed by atoms with Crippen LogP contribution in [0.3, 0.4) is 0 Å². The van der Waals surface area contributed by atoms with E-state index in [4.69, 9.17) is 9.15 Å². The Balaban J connectivity index is 1.51. The summed E-state index contributed by atoms with van der Waals surface area (Å²) in [6.07, 6.45) is 3.54. The number of amides is 1. The van der Waals surface area contributed by atoms with Gasteiger partial charge in [0.15, 0.2) is 5.16 Å². The van der Waals surface area contributed by atoms with Gasteiger partial charge in [0.1, 0.15) is 5.76 Å². The molecule has 1 atom stereocenters. The Labute approximate surface area is 136 Å². The van der Waals surface area contributed by atoms with Gasteiger partial charge in [-0.25, -0.2) is 9.89 Å². The Kier molecular flexibility index (Phi) is 5.19. The first kappa shape index (κ1) is 15.9. The molecule has 1 aliphatic rings. The highest BCUT2D eigenvalue weighted by Crippen LogP contribution is 2.17. The van der Waals surface area contributed by atoms with E-state index >= 15 is 0 Å². The van der Waals surface area contributed by atoms with Gasteiger partial charge in [0.05, 0.1) is 31.2 Å². The standard InChI is InChI=1S/C14H18N4O4S/c19-12(15-7-10-3-1-5-21-10)9-23-14-17-16-13(20)18(14)8-11-4-2-6-22-11/h1,3,5,11H,2,4,6-9H2,(H,15,19)(H,16,20). The molecule has 1 amide bonds. The summed E-state index contributed by atoms with van der Waals surface area (Å²) < 4.78 is 12.2. The third-order valence-corrected chi connectivity index (χ3v) is 4.48. The quantitative estimate of drug-likeness (QED) is 0.723. The summed E-state index contributed by atoms with van der Waals surface area (Å²) in [6.45, 7) is 1.54. The number of ether oxygens (including phenoxy) is 1. The largest absolute Gasteiger partial charge is 0.467 e. The van der Waals surface area contributed by atoms with Gasteiger partial charge in [0.25, 0.3) is 0 Å². The predicted octanol–water partition coefficient (Wildman–Crippen LogP) is 0.752. The van der Waals surface area contributed by atoms with E-state index < -0.39 is 0 Å². The Hall–Kier alpha value is -2.00. The minimum atomic E-state index is -0.279. The highest BCUT2D eigenvalue weighted by Gasteiger charge is 2.20. The minimum Gasteiger partial charge on any atom is -0.467 e. The number of H-pyrrole nitrogens is 1. The minimum absolute atomic E-state index is 0.0393. The zero-order valence-corrected chi connectivity index (χ0v) is 13.3. The van der Waals surface area contributed by atoms with Gasteiger partial charge in [-0.3, -0.25) is 9.36 Å². The predicted molar refractivity (Wildman–Crippen MR) is 83.1 cm³/mol. The second-order valence-electron chi connectivity index (χ2n) is 5.20. The molecule has 2 aromatic rings. The number of furan rings is 1. The van der Waals surface area contributed by atoms with Crippen LogP contribution in [-0.2, 0) is 22.6 Å². The van der Waals surface area contributed by atoms with Crippen LogP contribution in [0.1, 0.15) is 18.6 Å². The van der Waals surface area contributed by atoms with Gasteiger partial charge in [-0.1, -0.05) is 11.8 Å². The zero-order valence-electron chi connectivity index (χ0n) is 12.5. The van der Waals surface area contributed by atoms with Crippen LogP contribution in [0.2, 0.25) is 0 Å². The topological polar surface area (TPSA) is 102 Å². The lowest BCUT2D eigenvalue weighted by atomic mass is 10.2. The Morgan fingerprint density at radius 3 is 3.22 bits per heavy atom. The average Bonchev–Trinajstić information content (AvgIpc) is 3.28. The smallest absolute Gasteiger partial charge is 0.344 e. The maximum Gasteiger partial charge on any atom is 0.344 e. The highest BCUT2D eigenvalue weighted by atomic mass is 32.2. The third kappa shape index (κ3) is 4.26. The number of aromatic amines is 1. The van der Waals surface area contributed by atoms with Crippen LogP contribution in [0.25, 0.3) is 0 Å². The molecule has 0 aliphatic carbocycles. The summed E-state index contributed by atoms with van der Waals surface area (Å²) in [4.78, 5) is 23.7. The van der Waals surface area contributed by atoms with Crippen LogP contribution in [0, 0.1) is 0 Å². The summed E-state index contributed by atoms with van der Waals surface area (Å²) in [7, 11) is 0. The molecule has 0 saturated carbocycles. The fourth-order valence-corrected chi connectivity index (χ4v) is 3.13. The number of nitrogens with one attached hydrogen (secondary N) is 2. The molecule has 1 fully saturated rings. The lowest BCUT2D eigenvalue weighted by Gasteiger charge is -2.10. The van der Waals surface area contributed by atoms with Gasteiger partial charge in [-0.15, -0.1) is 5.10 Å². The Morgan fingerprint density at radius 2 is 2.48 bits per heavy atom. The summed E-state index contributed by atoms with van der Waals surface area (Å²) in [5.74, 6) is 0.722. The van der Waals surface area contributed by atoms with Crippen molar-refractivity contribution in [1.29, 1.82) is 0 Å². The van der Waals surface area contributed by atoms with Gasteiger partial charge in [-0.2, -0.15) is 0 Å². The lowest BCUT2D eigenvalue weighted by Crippen LogP contribution is -2.26. The Bertz CT molecular complexity index is 688. The van der Waals surface area contributed by atoms with E-state index in [1.807, 2.05) is 0 Å². The first-order valence-electron chi connectivity index (χ1n) is 7.41. The number of rotatable bonds is 7. The van der Waals surface area contributed by atoms with E-state index in [-0.39, 0.29) is 23.5 Å². The first-order chi connectivity index (χ1) is 11.2. The van der Waals surface area contributed by atoms with Crippen molar-refractivity contribution in [2.75, 3.05) is 12.4 Å². The SMILES string of the molecule is O=C(CSc1n[nH]c(=O)n1CC1CCCO1)NCc1ccco1. The molecule has 9 heteroatoms. The fraction of sp³-hybridized carbons (Fsp3) is 0.500. The monoisotopic (exact) mass is 338 g/mol. The van der Waals surface area contributed by atoms with E-state index in [9.17, 15) is 9.59 Å². The number of carbonyl (C=O) groups excluding carboxylic acids is 1. The van der Waals surface area contributed by atoms with Crippen LogP contribution in [0.5, 0.6) is 0 Å². The normalized spacial score (nSPS) is 17.5. The molecule has 0 radical (unpaired) electrons. The number of hydrogen-bond donors (Lipinski definition) is 2. The maximum absolute atomic E-state index is 11.9. The van der Waals surface area contributed by atoms with Gasteiger partial charge < -0.3 is 14.5 Å². The van der Waals surface area contributed by atoms with Crippen LogP contribution >= 0.6 is 11.8 Å². The van der Waals surface area contributed by atoms with Gasteiger partial charge in [0, 0.05) is 6.61 Å². The van der Waals surface area contributed by atoms with E-state index in [0.29, 0.717) is 24.0 Å². The van der Waals surface area contributed by atoms with Crippen molar-refractivity contribution in [2.24, 2.45) is 0 Å². The van der Waals surface area contributed by atoms with Crippen molar-refractivity contribution in [2.45, 2.75) is 37.2 Å². The fourth-order valence-electron chi connectivity index (χ4n) is 2.35. The molecule has 3 rings (SSSR count). The van der Waals surface area contributed by atoms with Crippen LogP contribution in [0.4, 0.5) is 0 Å². The maximum atomic E-state index is 11.9. The summed E-state index contributed by atoms with van der Waals surface area (Å²) in [6, 6.07) is 3.56. The van der Waals surface area contributed by atoms with Gasteiger partial charge >= 0.3 is 5.69 Å². The van der Waals surface area contributed by atoms with Crippen molar-refractivity contribution < 1.29 is 13.9 Å². The molecular weight excluding hydrogens is 320 g/mol. The summed E-state index contributed by atoms with van der Waals surface area (Å²) in [5.41, 5.74) is -0.279. The van der Waals surface area contributed by atoms with Crippen molar-refractivity contribution in [1.82, 2.24) is 20.1 Å². The second-order valence-corrected chi connectivity index (χ2v) is 6.14. The number of aromatic nitrogens is 3. The van der Waals surface area contributed by atoms with Gasteiger partial charge in [0.2, 0.25) is 5.91 Å². The molecular formula is C14H18N4O4S. The van der Waals surface area contributed by atoms with Crippen molar-refractivity contribution in [3.8, 4) is 0 Å². The van der Waals surface area contributed by atoms with Crippen LogP contribution < -0.4 is 11.0 Å². The number of hydrogen-bond acceptors (Lipinski definition) is 6. The van der Waals surface area contributed by atoms with E-state index in [1.165, 1.54) is 16.3 Å². The molecule has 23 heavy (non-hydrogen) atoms. The average molecular weight is 338 g/mol. The molecule has 3 heterocycles. The van der Waals surface area contributed by atoms with Crippen LogP contribution in [0.15, 0.2) is 32.8 Å². The Morgan fingerprint density at radius 1 is 1.57 bits per heavy atom. The lowest BCUT2D eigenvalue weighted by molar-refractivity contribution is -0.118. The zero-order chi connectivity index (χ0) is 16.1. The molecule has 0 spiro atoms. The molecule has 2 N–H and O–H groups in total. The molecule has 2 aromatic heterocycles. The molecule has 0 bridgehead atoms. The molecule has 0 aromatic carbocycles. The van der Waals surface area contributed by atoms with Gasteiger partial charge in [-0.05, 0) is 25.0 Å².